The maximum atomic E-state index is 12.7. The van der Waals surface area contributed by atoms with Crippen LogP contribution in [0.4, 0.5) is 5.69 Å². The number of nitrogens with zero attached hydrogens (tertiary/aromatic N) is 2. The van der Waals surface area contributed by atoms with E-state index in [1.807, 2.05) is 62.4 Å². The molecule has 1 aliphatic heterocycles. The summed E-state index contributed by atoms with van der Waals surface area (Å²) in [6.45, 7) is 3.84. The third-order valence-electron chi connectivity index (χ3n) is 4.49. The highest BCUT2D eigenvalue weighted by Crippen LogP contribution is 2.25. The molecule has 1 unspecified atom stereocenters. The van der Waals surface area contributed by atoms with Crippen LogP contribution in [0.25, 0.3) is 0 Å². The smallest absolute Gasteiger partial charge is 0.267 e. The average Bonchev–Trinajstić information content (AvgIpc) is 2.68. The van der Waals surface area contributed by atoms with E-state index in [1.165, 1.54) is 5.01 Å². The molecule has 0 aromatic heterocycles. The summed E-state index contributed by atoms with van der Waals surface area (Å²) in [5, 5.41) is 8.59. The van der Waals surface area contributed by atoms with Gasteiger partial charge < -0.3 is 10.1 Å². The van der Waals surface area contributed by atoms with Gasteiger partial charge in [0.1, 0.15) is 11.5 Å². The van der Waals surface area contributed by atoms with Crippen LogP contribution in [0.5, 0.6) is 5.75 Å². The fourth-order valence-electron chi connectivity index (χ4n) is 3.06. The zero-order valence-corrected chi connectivity index (χ0v) is 15.7. The lowest BCUT2D eigenvalue weighted by molar-refractivity contribution is -0.119. The van der Waals surface area contributed by atoms with Gasteiger partial charge in [-0.25, -0.2) is 5.01 Å². The molecule has 0 bridgehead atoms. The third-order valence-corrected chi connectivity index (χ3v) is 4.49. The molecule has 2 aromatic rings. The van der Waals surface area contributed by atoms with Gasteiger partial charge in [-0.05, 0) is 37.6 Å². The van der Waals surface area contributed by atoms with Gasteiger partial charge in [0.15, 0.2) is 0 Å². The number of hydrogen-bond donors (Lipinski definition) is 1. The van der Waals surface area contributed by atoms with Crippen LogP contribution in [-0.4, -0.2) is 24.6 Å². The Kier molecular flexibility index (Phi) is 5.54. The lowest BCUT2D eigenvalue weighted by atomic mass is 10.1. The maximum absolute atomic E-state index is 12.7. The van der Waals surface area contributed by atoms with Gasteiger partial charge >= 0.3 is 0 Å². The van der Waals surface area contributed by atoms with E-state index in [4.69, 9.17) is 4.74 Å². The first-order chi connectivity index (χ1) is 13.0. The number of amides is 2. The molecular weight excluding hydrogens is 342 g/mol. The summed E-state index contributed by atoms with van der Waals surface area (Å²) >= 11 is 0. The number of hydrazone groups is 1. The Balaban J connectivity index is 1.79. The second-order valence-corrected chi connectivity index (χ2v) is 6.53. The fraction of sp³-hybridized carbons (Fsp3) is 0.286. The Labute approximate surface area is 158 Å². The van der Waals surface area contributed by atoms with E-state index >= 15 is 0 Å². The number of aryl methyl sites for hydroxylation is 1. The molecule has 0 aliphatic carbocycles. The molecular formula is C21H23N3O3. The number of carbonyl (C=O) groups excluding carboxylic acids is 2. The summed E-state index contributed by atoms with van der Waals surface area (Å²) < 4.78 is 5.36. The van der Waals surface area contributed by atoms with Gasteiger partial charge in [0.05, 0.1) is 18.8 Å². The highest BCUT2D eigenvalue weighted by atomic mass is 16.5. The molecule has 6 nitrogen and oxygen atoms in total. The molecule has 140 valence electrons. The molecule has 27 heavy (non-hydrogen) atoms. The second kappa shape index (κ2) is 8.03. The van der Waals surface area contributed by atoms with E-state index in [1.54, 1.807) is 7.11 Å². The molecule has 0 spiro atoms. The second-order valence-electron chi connectivity index (χ2n) is 6.53. The quantitative estimate of drug-likeness (QED) is 0.883. The Bertz CT molecular complexity index is 892. The Hall–Kier alpha value is -3.15. The van der Waals surface area contributed by atoms with Crippen LogP contribution in [-0.2, 0) is 9.59 Å². The lowest BCUT2D eigenvalue weighted by Crippen LogP contribution is -2.40. The van der Waals surface area contributed by atoms with Gasteiger partial charge in [-0.3, -0.25) is 9.59 Å². The summed E-state index contributed by atoms with van der Waals surface area (Å²) in [4.78, 5) is 25.0. The van der Waals surface area contributed by atoms with Crippen molar-refractivity contribution in [2.45, 2.75) is 32.7 Å². The first-order valence-electron chi connectivity index (χ1n) is 8.90. The van der Waals surface area contributed by atoms with Crippen molar-refractivity contribution in [3.63, 3.8) is 0 Å². The zero-order valence-electron chi connectivity index (χ0n) is 15.7. The Morgan fingerprint density at radius 3 is 2.70 bits per heavy atom. The van der Waals surface area contributed by atoms with Gasteiger partial charge in [-0.1, -0.05) is 30.3 Å². The number of rotatable bonds is 5. The number of hydrogen-bond acceptors (Lipinski definition) is 4. The lowest BCUT2D eigenvalue weighted by Gasteiger charge is -2.24. The molecule has 1 heterocycles. The normalized spacial score (nSPS) is 15.1. The summed E-state index contributed by atoms with van der Waals surface area (Å²) in [5.41, 5.74) is 2.92. The third kappa shape index (κ3) is 4.16. The largest absolute Gasteiger partial charge is 0.496 e. The predicted octanol–water partition coefficient (Wildman–Crippen LogP) is 3.36. The minimum absolute atomic E-state index is 0.116. The van der Waals surface area contributed by atoms with E-state index < -0.39 is 0 Å². The SMILES string of the molecule is COc1ccccc1C(C)NC(=O)C1=NN(c2cccc(C)c2)C(=O)CC1. The van der Waals surface area contributed by atoms with Gasteiger partial charge in [0, 0.05) is 18.4 Å². The van der Waals surface area contributed by atoms with Gasteiger partial charge in [0.2, 0.25) is 5.91 Å². The van der Waals surface area contributed by atoms with E-state index in [0.717, 1.165) is 11.1 Å². The molecule has 0 fully saturated rings. The molecule has 3 rings (SSSR count). The first-order valence-corrected chi connectivity index (χ1v) is 8.90. The van der Waals surface area contributed by atoms with Gasteiger partial charge in [-0.15, -0.1) is 0 Å². The minimum atomic E-state index is -0.279. The highest BCUT2D eigenvalue weighted by molar-refractivity contribution is 6.40. The standard InChI is InChI=1S/C21H23N3O3/c1-14-7-6-8-16(13-14)24-20(25)12-11-18(23-24)21(26)22-15(2)17-9-4-5-10-19(17)27-3/h4-10,13,15H,11-12H2,1-3H3,(H,22,26). The molecule has 0 radical (unpaired) electrons. The number of benzene rings is 2. The monoisotopic (exact) mass is 365 g/mol. The van der Waals surface area contributed by atoms with Crippen LogP contribution in [0, 0.1) is 6.92 Å². The number of methoxy groups -OCH3 is 1. The van der Waals surface area contributed by atoms with Crippen molar-refractivity contribution in [3.05, 3.63) is 59.7 Å². The highest BCUT2D eigenvalue weighted by Gasteiger charge is 2.26. The maximum Gasteiger partial charge on any atom is 0.267 e. The molecule has 1 aliphatic rings. The van der Waals surface area contributed by atoms with E-state index in [-0.39, 0.29) is 24.3 Å². The van der Waals surface area contributed by atoms with Crippen LogP contribution in [0.2, 0.25) is 0 Å². The minimum Gasteiger partial charge on any atom is -0.496 e. The first kappa shape index (κ1) is 18.6. The van der Waals surface area contributed by atoms with E-state index in [2.05, 4.69) is 10.4 Å². The number of ether oxygens (including phenoxy) is 1. The zero-order chi connectivity index (χ0) is 19.4. The van der Waals surface area contributed by atoms with Gasteiger partial charge in [-0.2, -0.15) is 5.10 Å². The molecule has 0 saturated carbocycles. The molecule has 6 heteroatoms. The topological polar surface area (TPSA) is 71.0 Å². The summed E-state index contributed by atoms with van der Waals surface area (Å²) in [5.74, 6) is 0.320. The predicted molar refractivity (Wildman–Crippen MR) is 105 cm³/mol. The van der Waals surface area contributed by atoms with Crippen molar-refractivity contribution in [1.82, 2.24) is 5.32 Å². The van der Waals surface area contributed by atoms with E-state index in [0.29, 0.717) is 23.6 Å². The Morgan fingerprint density at radius 1 is 1.19 bits per heavy atom. The van der Waals surface area contributed by atoms with Crippen molar-refractivity contribution in [2.75, 3.05) is 12.1 Å². The van der Waals surface area contributed by atoms with Crippen LogP contribution in [0.15, 0.2) is 53.6 Å². The average molecular weight is 365 g/mol. The summed E-state index contributed by atoms with van der Waals surface area (Å²) in [6, 6.07) is 14.8. The number of para-hydroxylation sites is 1. The summed E-state index contributed by atoms with van der Waals surface area (Å²) in [6.07, 6.45) is 0.578. The fourth-order valence-corrected chi connectivity index (χ4v) is 3.06. The number of anilines is 1. The summed E-state index contributed by atoms with van der Waals surface area (Å²) in [7, 11) is 1.60. The van der Waals surface area contributed by atoms with Crippen molar-refractivity contribution >= 4 is 23.2 Å². The number of nitrogens with one attached hydrogen (secondary N) is 1. The number of carbonyl (C=O) groups is 2. The molecule has 1 atom stereocenters. The van der Waals surface area contributed by atoms with Crippen LogP contribution < -0.4 is 15.1 Å². The van der Waals surface area contributed by atoms with Crippen molar-refractivity contribution in [3.8, 4) is 5.75 Å². The molecule has 2 amide bonds. The van der Waals surface area contributed by atoms with Crippen LogP contribution in [0.3, 0.4) is 0 Å². The van der Waals surface area contributed by atoms with Crippen molar-refractivity contribution < 1.29 is 14.3 Å². The molecule has 1 N–H and O–H groups in total. The van der Waals surface area contributed by atoms with Crippen LogP contribution >= 0.6 is 0 Å². The van der Waals surface area contributed by atoms with Crippen molar-refractivity contribution in [2.24, 2.45) is 5.10 Å². The van der Waals surface area contributed by atoms with Crippen molar-refractivity contribution in [1.29, 1.82) is 0 Å². The molecule has 0 saturated heterocycles. The van der Waals surface area contributed by atoms with Crippen LogP contribution in [0.1, 0.15) is 36.9 Å². The Morgan fingerprint density at radius 2 is 1.96 bits per heavy atom. The molecule has 2 aromatic carbocycles. The van der Waals surface area contributed by atoms with E-state index in [9.17, 15) is 9.59 Å². The van der Waals surface area contributed by atoms with Gasteiger partial charge in [0.25, 0.3) is 5.91 Å².